The molecule has 1 heterocycles. The molecule has 0 bridgehead atoms. The quantitative estimate of drug-likeness (QED) is 0.775. The summed E-state index contributed by atoms with van der Waals surface area (Å²) in [6.07, 6.45) is -0.288. The molecule has 17 heavy (non-hydrogen) atoms. The van der Waals surface area contributed by atoms with Crippen LogP contribution in [0.25, 0.3) is 0 Å². The van der Waals surface area contributed by atoms with Gasteiger partial charge >= 0.3 is 0 Å². The molecular formula is C13H17ClO3. The molecule has 0 radical (unpaired) electrons. The van der Waals surface area contributed by atoms with Crippen LogP contribution in [-0.2, 0) is 20.8 Å². The van der Waals surface area contributed by atoms with E-state index in [9.17, 15) is 0 Å². The standard InChI is InChI=1S/C13H17ClO3/c1-10-4-2-3-5-11(10)7-15-12-8-16-13(6-14)17-9-12/h2-5,12-13H,6-9H2,1H3. The van der Waals surface area contributed by atoms with E-state index in [2.05, 4.69) is 19.1 Å². The highest BCUT2D eigenvalue weighted by Gasteiger charge is 2.21. The van der Waals surface area contributed by atoms with Crippen LogP contribution < -0.4 is 0 Å². The molecule has 1 aromatic carbocycles. The second-order valence-electron chi connectivity index (χ2n) is 4.11. The number of aryl methyl sites for hydroxylation is 1. The van der Waals surface area contributed by atoms with Gasteiger partial charge in [0.15, 0.2) is 6.29 Å². The second-order valence-corrected chi connectivity index (χ2v) is 4.42. The average molecular weight is 257 g/mol. The minimum atomic E-state index is -0.282. The highest BCUT2D eigenvalue weighted by Crippen LogP contribution is 2.13. The SMILES string of the molecule is Cc1ccccc1COC1COC(CCl)OC1. The average Bonchev–Trinajstić information content (AvgIpc) is 2.38. The number of hydrogen-bond acceptors (Lipinski definition) is 3. The monoisotopic (exact) mass is 256 g/mol. The molecule has 1 aromatic rings. The molecule has 1 aliphatic rings. The molecule has 1 fully saturated rings. The summed E-state index contributed by atoms with van der Waals surface area (Å²) in [7, 11) is 0. The van der Waals surface area contributed by atoms with E-state index >= 15 is 0 Å². The largest absolute Gasteiger partial charge is 0.369 e. The fourth-order valence-electron chi connectivity index (χ4n) is 1.69. The molecule has 0 N–H and O–H groups in total. The van der Waals surface area contributed by atoms with Crippen LogP contribution in [0.4, 0.5) is 0 Å². The molecule has 0 unspecified atom stereocenters. The van der Waals surface area contributed by atoms with Gasteiger partial charge in [0.25, 0.3) is 0 Å². The van der Waals surface area contributed by atoms with Gasteiger partial charge in [-0.05, 0) is 18.1 Å². The molecule has 1 saturated heterocycles. The summed E-state index contributed by atoms with van der Waals surface area (Å²) in [4.78, 5) is 0. The maximum Gasteiger partial charge on any atom is 0.171 e. The number of alkyl halides is 1. The number of hydrogen-bond donors (Lipinski definition) is 0. The number of ether oxygens (including phenoxy) is 3. The number of halogens is 1. The van der Waals surface area contributed by atoms with Crippen molar-refractivity contribution in [3.05, 3.63) is 35.4 Å². The van der Waals surface area contributed by atoms with Crippen LogP contribution in [0.15, 0.2) is 24.3 Å². The van der Waals surface area contributed by atoms with Crippen LogP contribution in [0.1, 0.15) is 11.1 Å². The maximum atomic E-state index is 5.75. The van der Waals surface area contributed by atoms with Gasteiger partial charge in [-0.2, -0.15) is 0 Å². The van der Waals surface area contributed by atoms with Crippen molar-refractivity contribution in [2.24, 2.45) is 0 Å². The molecule has 2 rings (SSSR count). The third-order valence-electron chi connectivity index (χ3n) is 2.80. The van der Waals surface area contributed by atoms with E-state index < -0.39 is 0 Å². The molecule has 0 amide bonds. The summed E-state index contributed by atoms with van der Waals surface area (Å²) in [5.41, 5.74) is 2.44. The lowest BCUT2D eigenvalue weighted by Gasteiger charge is -2.28. The first-order valence-corrected chi connectivity index (χ1v) is 6.28. The van der Waals surface area contributed by atoms with E-state index in [-0.39, 0.29) is 12.4 Å². The first-order valence-electron chi connectivity index (χ1n) is 5.75. The molecule has 1 aliphatic heterocycles. The van der Waals surface area contributed by atoms with Gasteiger partial charge in [0.2, 0.25) is 0 Å². The molecule has 0 atom stereocenters. The Morgan fingerprint density at radius 2 is 2.00 bits per heavy atom. The molecule has 0 saturated carbocycles. The zero-order valence-corrected chi connectivity index (χ0v) is 10.7. The fourth-order valence-corrected chi connectivity index (χ4v) is 1.87. The van der Waals surface area contributed by atoms with Gasteiger partial charge < -0.3 is 14.2 Å². The highest BCUT2D eigenvalue weighted by atomic mass is 35.5. The normalized spacial score (nSPS) is 24.8. The Labute approximate surface area is 107 Å². The topological polar surface area (TPSA) is 27.7 Å². The molecule has 0 aliphatic carbocycles. The third-order valence-corrected chi connectivity index (χ3v) is 3.05. The third kappa shape index (κ3) is 3.68. The van der Waals surface area contributed by atoms with Crippen molar-refractivity contribution >= 4 is 11.6 Å². The van der Waals surface area contributed by atoms with Crippen LogP contribution in [0.2, 0.25) is 0 Å². The van der Waals surface area contributed by atoms with Crippen LogP contribution >= 0.6 is 11.6 Å². The van der Waals surface area contributed by atoms with E-state index in [0.717, 1.165) is 0 Å². The Balaban J connectivity index is 1.78. The van der Waals surface area contributed by atoms with Gasteiger partial charge in [-0.15, -0.1) is 11.6 Å². The Morgan fingerprint density at radius 3 is 2.65 bits per heavy atom. The highest BCUT2D eigenvalue weighted by molar-refractivity contribution is 6.18. The van der Waals surface area contributed by atoms with Gasteiger partial charge in [0, 0.05) is 0 Å². The van der Waals surface area contributed by atoms with Crippen molar-refractivity contribution in [2.75, 3.05) is 19.1 Å². The van der Waals surface area contributed by atoms with E-state index in [4.69, 9.17) is 25.8 Å². The van der Waals surface area contributed by atoms with Crippen LogP contribution in [0.5, 0.6) is 0 Å². The zero-order valence-electron chi connectivity index (χ0n) is 9.90. The van der Waals surface area contributed by atoms with Crippen molar-refractivity contribution in [1.82, 2.24) is 0 Å². The van der Waals surface area contributed by atoms with Gasteiger partial charge in [-0.3, -0.25) is 0 Å². The molecule has 94 valence electrons. The fraction of sp³-hybridized carbons (Fsp3) is 0.538. The summed E-state index contributed by atoms with van der Waals surface area (Å²) in [6, 6.07) is 8.19. The van der Waals surface area contributed by atoms with E-state index in [1.807, 2.05) is 12.1 Å². The predicted octanol–water partition coefficient (Wildman–Crippen LogP) is 2.49. The van der Waals surface area contributed by atoms with Crippen molar-refractivity contribution in [3.8, 4) is 0 Å². The van der Waals surface area contributed by atoms with E-state index in [1.54, 1.807) is 0 Å². The van der Waals surface area contributed by atoms with Gasteiger partial charge in [-0.1, -0.05) is 24.3 Å². The Bertz CT molecular complexity index is 348. The van der Waals surface area contributed by atoms with Crippen LogP contribution in [0, 0.1) is 6.92 Å². The van der Waals surface area contributed by atoms with Crippen molar-refractivity contribution in [2.45, 2.75) is 25.9 Å². The Hall–Kier alpha value is -0.610. The summed E-state index contributed by atoms with van der Waals surface area (Å²) in [5.74, 6) is 0.366. The van der Waals surface area contributed by atoms with Crippen LogP contribution in [0.3, 0.4) is 0 Å². The smallest absolute Gasteiger partial charge is 0.171 e. The molecule has 4 heteroatoms. The minimum absolute atomic E-state index is 0.00549. The van der Waals surface area contributed by atoms with Gasteiger partial charge in [-0.25, -0.2) is 0 Å². The minimum Gasteiger partial charge on any atom is -0.369 e. The Kier molecular flexibility index (Phi) is 4.80. The maximum absolute atomic E-state index is 5.75. The van der Waals surface area contributed by atoms with Gasteiger partial charge in [0.1, 0.15) is 6.10 Å². The lowest BCUT2D eigenvalue weighted by atomic mass is 10.1. The van der Waals surface area contributed by atoms with Gasteiger partial charge in [0.05, 0.1) is 25.7 Å². The number of rotatable bonds is 4. The first kappa shape index (κ1) is 12.8. The molecule has 0 aromatic heterocycles. The summed E-state index contributed by atoms with van der Waals surface area (Å²) in [6.45, 7) is 3.76. The number of benzene rings is 1. The van der Waals surface area contributed by atoms with E-state index in [1.165, 1.54) is 11.1 Å². The molecular weight excluding hydrogens is 240 g/mol. The zero-order chi connectivity index (χ0) is 12.1. The first-order chi connectivity index (χ1) is 8.29. The predicted molar refractivity (Wildman–Crippen MR) is 66.2 cm³/mol. The summed E-state index contributed by atoms with van der Waals surface area (Å²) >= 11 is 5.63. The van der Waals surface area contributed by atoms with Crippen LogP contribution in [-0.4, -0.2) is 31.5 Å². The summed E-state index contributed by atoms with van der Waals surface area (Å²) in [5, 5.41) is 0. The second kappa shape index (κ2) is 6.36. The van der Waals surface area contributed by atoms with E-state index in [0.29, 0.717) is 25.7 Å². The Morgan fingerprint density at radius 1 is 1.29 bits per heavy atom. The summed E-state index contributed by atoms with van der Waals surface area (Å²) < 4.78 is 16.5. The van der Waals surface area contributed by atoms with Crippen molar-refractivity contribution in [1.29, 1.82) is 0 Å². The lowest BCUT2D eigenvalue weighted by molar-refractivity contribution is -0.218. The molecule has 0 spiro atoms. The molecule has 3 nitrogen and oxygen atoms in total. The van der Waals surface area contributed by atoms with Crippen molar-refractivity contribution in [3.63, 3.8) is 0 Å². The lowest BCUT2D eigenvalue weighted by Crippen LogP contribution is -2.38. The van der Waals surface area contributed by atoms with Crippen molar-refractivity contribution < 1.29 is 14.2 Å².